The highest BCUT2D eigenvalue weighted by Crippen LogP contribution is 2.10. The molecular formula is C24H41N7O9S. The summed E-state index contributed by atoms with van der Waals surface area (Å²) in [7, 11) is 0. The number of benzene rings is 1. The van der Waals surface area contributed by atoms with Gasteiger partial charge in [-0.1, -0.05) is 18.6 Å². The van der Waals surface area contributed by atoms with Crippen molar-refractivity contribution in [1.29, 1.82) is 0 Å². The van der Waals surface area contributed by atoms with Crippen molar-refractivity contribution in [2.75, 3.05) is 12.3 Å². The van der Waals surface area contributed by atoms with Gasteiger partial charge in [0.15, 0.2) is 0 Å². The van der Waals surface area contributed by atoms with Gasteiger partial charge in [-0.15, -0.1) is 0 Å². The number of aromatic nitrogens is 2. The van der Waals surface area contributed by atoms with E-state index in [2.05, 4.69) is 22.6 Å². The molecule has 1 aromatic carbocycles. The average Bonchev–Trinajstić information content (AvgIpc) is 3.43. The van der Waals surface area contributed by atoms with Crippen molar-refractivity contribution in [2.45, 2.75) is 56.3 Å². The summed E-state index contributed by atoms with van der Waals surface area (Å²) in [6, 6.07) is 3.04. The van der Waals surface area contributed by atoms with E-state index in [1.807, 2.05) is 0 Å². The minimum absolute atomic E-state index is 0.160. The summed E-state index contributed by atoms with van der Waals surface area (Å²) in [6.45, 7) is 0.604. The molecule has 0 saturated heterocycles. The lowest BCUT2D eigenvalue weighted by Crippen LogP contribution is -2.32. The van der Waals surface area contributed by atoms with Crippen LogP contribution in [-0.2, 0) is 32.0 Å². The highest BCUT2D eigenvalue weighted by molar-refractivity contribution is 7.80. The number of aromatic hydroxyl groups is 1. The molecule has 1 aromatic heterocycles. The maximum Gasteiger partial charge on any atom is 0.321 e. The summed E-state index contributed by atoms with van der Waals surface area (Å²) in [4.78, 5) is 47.1. The summed E-state index contributed by atoms with van der Waals surface area (Å²) < 4.78 is 0. The maximum atomic E-state index is 10.4. The Bertz CT molecular complexity index is 1010. The number of hydrogen-bond acceptors (Lipinski definition) is 12. The van der Waals surface area contributed by atoms with Gasteiger partial charge in [0.25, 0.3) is 0 Å². The lowest BCUT2D eigenvalue weighted by molar-refractivity contribution is -0.139. The molecule has 4 unspecified atom stereocenters. The largest absolute Gasteiger partial charge is 0.508 e. The predicted octanol–water partition coefficient (Wildman–Crippen LogP) is -1.43. The molecule has 16 N–H and O–H groups in total. The highest BCUT2D eigenvalue weighted by Gasteiger charge is 2.13. The van der Waals surface area contributed by atoms with Gasteiger partial charge in [0.05, 0.1) is 6.33 Å². The van der Waals surface area contributed by atoms with E-state index in [9.17, 15) is 19.2 Å². The highest BCUT2D eigenvalue weighted by atomic mass is 32.1. The van der Waals surface area contributed by atoms with Crippen LogP contribution in [0.3, 0.4) is 0 Å². The van der Waals surface area contributed by atoms with Gasteiger partial charge in [-0.3, -0.25) is 19.2 Å². The number of aromatic amines is 1. The van der Waals surface area contributed by atoms with Crippen molar-refractivity contribution in [3.63, 3.8) is 0 Å². The Kier molecular flexibility index (Phi) is 22.1. The number of H-pyrrole nitrogens is 1. The molecule has 1 heterocycles. The first-order valence-corrected chi connectivity index (χ1v) is 12.8. The van der Waals surface area contributed by atoms with Gasteiger partial charge in [0.2, 0.25) is 0 Å². The number of phenolic OH excluding ortho intramolecular Hbond substituents is 1. The van der Waals surface area contributed by atoms with Crippen molar-refractivity contribution in [1.82, 2.24) is 9.97 Å². The lowest BCUT2D eigenvalue weighted by atomic mass is 10.1. The molecule has 0 radical (unpaired) electrons. The fraction of sp³-hybridized carbons (Fsp3) is 0.458. The molecule has 0 aliphatic heterocycles. The summed E-state index contributed by atoms with van der Waals surface area (Å²) in [6.07, 6.45) is 5.77. The minimum atomic E-state index is -1.02. The molecule has 0 aliphatic carbocycles. The van der Waals surface area contributed by atoms with Crippen molar-refractivity contribution in [3.8, 4) is 5.75 Å². The van der Waals surface area contributed by atoms with E-state index in [-0.39, 0.29) is 24.3 Å². The third kappa shape index (κ3) is 21.7. The van der Waals surface area contributed by atoms with Crippen molar-refractivity contribution >= 4 is 36.5 Å². The molecular weight excluding hydrogens is 562 g/mol. The van der Waals surface area contributed by atoms with Gasteiger partial charge in [0, 0.05) is 24.1 Å². The quantitative estimate of drug-likeness (QED) is 0.0921. The third-order valence-electron chi connectivity index (χ3n) is 4.82. The number of nitrogens with two attached hydrogens (primary N) is 5. The first-order valence-electron chi connectivity index (χ1n) is 12.2. The second-order valence-electron chi connectivity index (χ2n) is 8.40. The average molecular weight is 604 g/mol. The van der Waals surface area contributed by atoms with E-state index >= 15 is 0 Å². The molecule has 0 spiro atoms. The number of nitrogens with zero attached hydrogens (tertiary/aromatic N) is 1. The summed E-state index contributed by atoms with van der Waals surface area (Å²) >= 11 is 3.65. The maximum absolute atomic E-state index is 10.4. The molecule has 0 amide bonds. The Morgan fingerprint density at radius 2 is 1.27 bits per heavy atom. The summed E-state index contributed by atoms with van der Waals surface area (Å²) in [5.74, 6) is -3.61. The van der Waals surface area contributed by atoms with Crippen LogP contribution in [0.1, 0.15) is 30.5 Å². The number of hydrogen-bond donors (Lipinski definition) is 12. The number of carboxylic acid groups (broad SMARTS) is 4. The third-order valence-corrected chi connectivity index (χ3v) is 5.21. The van der Waals surface area contributed by atoms with Crippen LogP contribution in [0.5, 0.6) is 5.75 Å². The monoisotopic (exact) mass is 603 g/mol. The van der Waals surface area contributed by atoms with Crippen molar-refractivity contribution < 1.29 is 44.7 Å². The molecule has 2 rings (SSSR count). The smallest absolute Gasteiger partial charge is 0.321 e. The number of phenols is 1. The number of rotatable bonds is 13. The Morgan fingerprint density at radius 1 is 0.780 bits per heavy atom. The Hall–Kier alpha value is -3.74. The number of aliphatic carboxylic acids is 4. The molecule has 2 aromatic rings. The molecule has 0 bridgehead atoms. The number of nitrogens with one attached hydrogen (secondary N) is 1. The van der Waals surface area contributed by atoms with Gasteiger partial charge in [0.1, 0.15) is 29.9 Å². The molecule has 0 saturated carbocycles. The zero-order valence-electron chi connectivity index (χ0n) is 22.4. The molecule has 232 valence electrons. The number of carboxylic acids is 4. The van der Waals surface area contributed by atoms with E-state index in [0.717, 1.165) is 24.1 Å². The zero-order chi connectivity index (χ0) is 32.0. The summed E-state index contributed by atoms with van der Waals surface area (Å²) in [5.41, 5.74) is 27.5. The van der Waals surface area contributed by atoms with Crippen LogP contribution < -0.4 is 28.7 Å². The van der Waals surface area contributed by atoms with Gasteiger partial charge >= 0.3 is 23.9 Å². The topological polar surface area (TPSA) is 328 Å². The Balaban J connectivity index is 0. The van der Waals surface area contributed by atoms with Gasteiger partial charge in [-0.25, -0.2) is 4.98 Å². The van der Waals surface area contributed by atoms with E-state index in [1.54, 1.807) is 18.3 Å². The van der Waals surface area contributed by atoms with Crippen LogP contribution in [0.2, 0.25) is 0 Å². The molecule has 4 atom stereocenters. The van der Waals surface area contributed by atoms with E-state index < -0.39 is 48.0 Å². The van der Waals surface area contributed by atoms with E-state index in [1.165, 1.54) is 18.5 Å². The van der Waals surface area contributed by atoms with Crippen LogP contribution in [-0.4, -0.2) is 95.8 Å². The van der Waals surface area contributed by atoms with Crippen LogP contribution in [0.25, 0.3) is 0 Å². The van der Waals surface area contributed by atoms with Crippen molar-refractivity contribution in [2.24, 2.45) is 28.7 Å². The van der Waals surface area contributed by atoms with Crippen LogP contribution in [0, 0.1) is 0 Å². The molecule has 41 heavy (non-hydrogen) atoms. The molecule has 0 fully saturated rings. The fourth-order valence-corrected chi connectivity index (χ4v) is 2.56. The van der Waals surface area contributed by atoms with Crippen molar-refractivity contribution in [3.05, 3.63) is 48.0 Å². The second-order valence-corrected chi connectivity index (χ2v) is 8.76. The Labute approximate surface area is 242 Å². The first kappa shape index (κ1) is 39.4. The normalized spacial score (nSPS) is 12.8. The zero-order valence-corrected chi connectivity index (χ0v) is 23.3. The van der Waals surface area contributed by atoms with Crippen LogP contribution in [0.4, 0.5) is 0 Å². The predicted molar refractivity (Wildman–Crippen MR) is 153 cm³/mol. The summed E-state index contributed by atoms with van der Waals surface area (Å²) in [5, 5.41) is 42.2. The standard InChI is InChI=1S/C9H11NO3.C6H9N3O2.C6H14N2O2.C3H7NO2S/c10-8(9(12)13)5-6-1-3-7(11)4-2-6;7-5(6(10)11)1-4-2-8-3-9-4;7-4-2-1-3-5(8)6(9)10;4-2(1-7)3(5)6/h1-4,8,11H,5,10H2,(H,12,13);2-3,5H,1,7H2,(H,8,9)(H,10,11);5H,1-4,7-8H2,(H,9,10);2,7H,1,4H2,(H,5,6). The second kappa shape index (κ2) is 23.0. The van der Waals surface area contributed by atoms with Crippen LogP contribution in [0.15, 0.2) is 36.8 Å². The molecule has 16 nitrogen and oxygen atoms in total. The molecule has 17 heteroatoms. The van der Waals surface area contributed by atoms with Gasteiger partial charge in [-0.2, -0.15) is 12.6 Å². The first-order chi connectivity index (χ1) is 19.2. The van der Waals surface area contributed by atoms with Crippen LogP contribution >= 0.6 is 12.6 Å². The number of imidazole rings is 1. The minimum Gasteiger partial charge on any atom is -0.508 e. The molecule has 0 aliphatic rings. The van der Waals surface area contributed by atoms with E-state index in [0.29, 0.717) is 13.0 Å². The number of carbonyl (C=O) groups is 4. The number of thiol groups is 1. The number of unbranched alkanes of at least 4 members (excludes halogenated alkanes) is 1. The Morgan fingerprint density at radius 3 is 1.63 bits per heavy atom. The lowest BCUT2D eigenvalue weighted by Gasteiger charge is -2.05. The van der Waals surface area contributed by atoms with Gasteiger partial charge < -0.3 is 59.2 Å². The van der Waals surface area contributed by atoms with Gasteiger partial charge in [-0.05, 0) is 43.5 Å². The SMILES string of the molecule is NC(CS)C(=O)O.NC(Cc1ccc(O)cc1)C(=O)O.NC(Cc1cnc[nH]1)C(=O)O.NCCCCC(N)C(=O)O. The van der Waals surface area contributed by atoms with E-state index in [4.69, 9.17) is 54.2 Å². The fourth-order valence-electron chi connectivity index (χ4n) is 2.40.